The van der Waals surface area contributed by atoms with Crippen molar-refractivity contribution in [3.63, 3.8) is 0 Å². The van der Waals surface area contributed by atoms with Crippen LogP contribution in [-0.2, 0) is 34.4 Å². The van der Waals surface area contributed by atoms with Crippen LogP contribution in [0.4, 0.5) is 37.7 Å². The molecule has 0 aliphatic carbocycles. The Morgan fingerprint density at radius 2 is 0.732 bits per heavy atom. The Kier molecular flexibility index (Phi) is 26.0. The number of aliphatic imine (C=N–C) groups is 2. The van der Waals surface area contributed by atoms with Crippen LogP contribution in [-0.4, -0.2) is 89.0 Å². The first-order valence-corrected chi connectivity index (χ1v) is 19.0. The maximum Gasteiger partial charge on any atom is 4.00 e. The second-order valence-electron chi connectivity index (χ2n) is 10.8. The van der Waals surface area contributed by atoms with Gasteiger partial charge in [-0.25, -0.2) is 16.8 Å². The fourth-order valence-corrected chi connectivity index (χ4v) is 3.67. The first-order chi connectivity index (χ1) is 25.7. The third-order valence-corrected chi connectivity index (χ3v) is 7.59. The van der Waals surface area contributed by atoms with Crippen LogP contribution >= 0.6 is 0 Å². The number of alkyl halides is 6. The molecule has 3 aromatic carbocycles. The van der Waals surface area contributed by atoms with Crippen LogP contribution < -0.4 is 10.2 Å². The van der Waals surface area contributed by atoms with Crippen LogP contribution in [0.2, 0.25) is 0 Å². The molecule has 0 spiro atoms. The third kappa shape index (κ3) is 23.9. The van der Waals surface area contributed by atoms with Crippen molar-refractivity contribution in [1.82, 2.24) is 0 Å². The third-order valence-electron chi connectivity index (χ3n) is 6.45. The van der Waals surface area contributed by atoms with Gasteiger partial charge in [0.15, 0.2) is 20.2 Å². The molecule has 0 N–H and O–H groups in total. The molecule has 3 saturated heterocycles. The van der Waals surface area contributed by atoms with Crippen molar-refractivity contribution >= 4 is 44.0 Å². The summed E-state index contributed by atoms with van der Waals surface area (Å²) in [6.07, 6.45) is 10.7. The van der Waals surface area contributed by atoms with Crippen molar-refractivity contribution in [2.24, 2.45) is 9.98 Å². The smallest absolute Gasteiger partial charge is 0.872 e. The van der Waals surface area contributed by atoms with Gasteiger partial charge in [-0.15, -0.1) is 11.5 Å². The van der Waals surface area contributed by atoms with Gasteiger partial charge < -0.3 is 33.5 Å². The predicted molar refractivity (Wildman–Crippen MR) is 184 cm³/mol. The number of nitrogens with zero attached hydrogens (tertiary/aromatic N) is 2. The molecule has 3 aromatic rings. The van der Waals surface area contributed by atoms with E-state index in [0.29, 0.717) is 22.5 Å². The Balaban J connectivity index is 0.000000769. The van der Waals surface area contributed by atoms with E-state index in [0.717, 1.165) is 39.6 Å². The Bertz CT molecular complexity index is 1660. The molecule has 56 heavy (non-hydrogen) atoms. The monoisotopic (exact) mass is 1070 g/mol. The van der Waals surface area contributed by atoms with Crippen molar-refractivity contribution < 1.29 is 108 Å². The van der Waals surface area contributed by atoms with Gasteiger partial charge >= 0.3 is 42.1 Å². The first-order valence-electron chi connectivity index (χ1n) is 16.2. The van der Waals surface area contributed by atoms with Gasteiger partial charge in [0.25, 0.3) is 0 Å². The number of ether oxygens (including phenoxy) is 3. The summed E-state index contributed by atoms with van der Waals surface area (Å²) in [5.41, 5.74) is -9.01. The summed E-state index contributed by atoms with van der Waals surface area (Å²) in [6, 6.07) is 20.7. The molecular weight excluding hydrogens is 1030 g/mol. The van der Waals surface area contributed by atoms with Crippen LogP contribution in [0.3, 0.4) is 0 Å². The average Bonchev–Trinajstić information content (AvgIpc) is 3.95. The second kappa shape index (κ2) is 27.5. The molecule has 0 amide bonds. The van der Waals surface area contributed by atoms with Gasteiger partial charge in [0.1, 0.15) is 0 Å². The summed E-state index contributed by atoms with van der Waals surface area (Å²) in [6.45, 7) is 6.00. The van der Waals surface area contributed by atoms with Gasteiger partial charge in [-0.1, -0.05) is 60.7 Å². The molecule has 3 fully saturated rings. The Morgan fingerprint density at radius 3 is 0.929 bits per heavy atom. The predicted octanol–water partition coefficient (Wildman–Crippen LogP) is 5.83. The molecule has 0 unspecified atom stereocenters. The molecule has 0 saturated carbocycles. The molecule has 6 rings (SSSR count). The Labute approximate surface area is 344 Å². The fraction of sp³-hybridized carbons (Fsp3) is 0.412. The number of halogens is 6. The Morgan fingerprint density at radius 1 is 0.500 bits per heavy atom. The number of benzene rings is 3. The molecule has 308 valence electrons. The summed E-state index contributed by atoms with van der Waals surface area (Å²) in [7, 11) is -12.2. The number of rotatable bonds is 4. The standard InChI is InChI=1S/C20H16N2O2.3C4H8O.2CHF3O3S.U/c23-19-11-5-1-7-15(19)13-21-17-9-3-4-10-18(17)22-14-16-8-2-6-12-20(16)24;3*1-2-4-5-3-1;2*2-1(3,4)8(5,6)7;/h1-14,23-24H;3*1-4H2;2*(H,5,6,7);/q;;;;;;+4/p-4. The molecule has 0 bridgehead atoms. The van der Waals surface area contributed by atoms with E-state index in [1.54, 1.807) is 48.5 Å². The fourth-order valence-electron chi connectivity index (χ4n) is 3.67. The molecule has 3 aliphatic rings. The van der Waals surface area contributed by atoms with E-state index in [1.807, 2.05) is 12.1 Å². The molecule has 0 radical (unpaired) electrons. The summed E-state index contributed by atoms with van der Waals surface area (Å²) in [5.74, 6) is -0.162. The Hall–Kier alpha value is -3.07. The van der Waals surface area contributed by atoms with E-state index in [-0.39, 0.29) is 42.6 Å². The first kappa shape index (κ1) is 52.9. The van der Waals surface area contributed by atoms with E-state index in [9.17, 15) is 36.6 Å². The summed E-state index contributed by atoms with van der Waals surface area (Å²) < 4.78 is 133. The zero-order chi connectivity index (χ0) is 41.4. The maximum atomic E-state index is 11.7. The number of para-hydroxylation sites is 4. The SMILES string of the molecule is C1CCOC1.C1CCOC1.C1CCOC1.O=S(=O)([O-])C(F)(F)F.O=S(=O)([O-])C(F)(F)F.[O-]c1ccccc1C=Nc1ccccc1N=Cc1ccccc1[O-].[U+4]. The zero-order valence-electron chi connectivity index (χ0n) is 29.5. The van der Waals surface area contributed by atoms with Crippen LogP contribution in [0.5, 0.6) is 11.5 Å². The van der Waals surface area contributed by atoms with Crippen LogP contribution in [0.15, 0.2) is 82.8 Å². The maximum absolute atomic E-state index is 11.7. The van der Waals surface area contributed by atoms with Gasteiger partial charge in [0, 0.05) is 52.1 Å². The van der Waals surface area contributed by atoms with Crippen molar-refractivity contribution in [3.8, 4) is 11.5 Å². The summed E-state index contributed by atoms with van der Waals surface area (Å²) >= 11 is 0. The largest absolute Gasteiger partial charge is 4.00 e. The normalized spacial score (nSPS) is 15.3. The van der Waals surface area contributed by atoms with Crippen LogP contribution in [0.1, 0.15) is 49.7 Å². The quantitative estimate of drug-likeness (QED) is 0.131. The topological polar surface area (TPSA) is 213 Å². The molecule has 13 nitrogen and oxygen atoms in total. The number of hydrogen-bond acceptors (Lipinski definition) is 13. The van der Waals surface area contributed by atoms with Crippen LogP contribution in [0, 0.1) is 31.1 Å². The molecule has 3 heterocycles. The minimum absolute atomic E-state index is 0. The van der Waals surface area contributed by atoms with Gasteiger partial charge in [-0.3, -0.25) is 9.98 Å². The minimum Gasteiger partial charge on any atom is -0.872 e. The van der Waals surface area contributed by atoms with E-state index in [2.05, 4.69) is 9.98 Å². The molecule has 3 aliphatic heterocycles. The van der Waals surface area contributed by atoms with Crippen LogP contribution in [0.25, 0.3) is 0 Å². The van der Waals surface area contributed by atoms with Crippen molar-refractivity contribution in [1.29, 1.82) is 0 Å². The number of hydrogen-bond donors (Lipinski definition) is 0. The van der Waals surface area contributed by atoms with Gasteiger partial charge in [0.05, 0.1) is 11.4 Å². The van der Waals surface area contributed by atoms with E-state index in [1.165, 1.54) is 63.1 Å². The second-order valence-corrected chi connectivity index (χ2v) is 13.6. The van der Waals surface area contributed by atoms with E-state index < -0.39 is 31.3 Å². The van der Waals surface area contributed by atoms with E-state index >= 15 is 0 Å². The van der Waals surface area contributed by atoms with Crippen molar-refractivity contribution in [3.05, 3.63) is 83.9 Å². The molecule has 0 aromatic heterocycles. The average molecular weight is 1070 g/mol. The molecule has 22 heteroatoms. The summed E-state index contributed by atoms with van der Waals surface area (Å²) in [5, 5.41) is 23.4. The van der Waals surface area contributed by atoms with E-state index in [4.69, 9.17) is 40.2 Å². The van der Waals surface area contributed by atoms with Crippen molar-refractivity contribution in [2.75, 3.05) is 39.6 Å². The minimum atomic E-state index is -6.09. The molecule has 0 atom stereocenters. The van der Waals surface area contributed by atoms with Crippen molar-refractivity contribution in [2.45, 2.75) is 49.5 Å². The van der Waals surface area contributed by atoms with Gasteiger partial charge in [-0.2, -0.15) is 26.3 Å². The molecular formula is C34H38F6N2O11S2U. The van der Waals surface area contributed by atoms with Gasteiger partial charge in [-0.05, 0) is 61.8 Å². The van der Waals surface area contributed by atoms with Gasteiger partial charge in [0.2, 0.25) is 0 Å². The zero-order valence-corrected chi connectivity index (χ0v) is 35.3. The summed E-state index contributed by atoms with van der Waals surface area (Å²) in [4.78, 5) is 8.71.